The van der Waals surface area contributed by atoms with E-state index in [1.807, 2.05) is 68.4 Å². The van der Waals surface area contributed by atoms with Gasteiger partial charge in [0.25, 0.3) is 5.91 Å². The van der Waals surface area contributed by atoms with E-state index < -0.39 is 0 Å². The minimum Gasteiger partial charge on any atom is -0.336 e. The summed E-state index contributed by atoms with van der Waals surface area (Å²) in [5.74, 6) is 1.39. The highest BCUT2D eigenvalue weighted by Crippen LogP contribution is 2.23. The lowest BCUT2D eigenvalue weighted by Crippen LogP contribution is -2.39. The zero-order valence-corrected chi connectivity index (χ0v) is 17.5. The Kier molecular flexibility index (Phi) is 6.65. The van der Waals surface area contributed by atoms with Gasteiger partial charge >= 0.3 is 0 Å². The molecule has 2 heterocycles. The highest BCUT2D eigenvalue weighted by molar-refractivity contribution is 5.99. The van der Waals surface area contributed by atoms with Crippen molar-refractivity contribution < 1.29 is 4.79 Å². The summed E-state index contributed by atoms with van der Waals surface area (Å²) in [6.45, 7) is 8.47. The largest absolute Gasteiger partial charge is 0.336 e. The second-order valence-corrected chi connectivity index (χ2v) is 7.20. The van der Waals surface area contributed by atoms with Crippen molar-refractivity contribution in [2.45, 2.75) is 46.6 Å². The van der Waals surface area contributed by atoms with Crippen LogP contribution in [0.5, 0.6) is 0 Å². The van der Waals surface area contributed by atoms with Crippen molar-refractivity contribution in [3.63, 3.8) is 0 Å². The fourth-order valence-corrected chi connectivity index (χ4v) is 3.29. The number of nitrogens with zero attached hydrogens (tertiary/aromatic N) is 5. The number of rotatable bonds is 7. The Morgan fingerprint density at radius 1 is 1.03 bits per heavy atom. The normalized spacial score (nSPS) is 11.9. The molecule has 0 N–H and O–H groups in total. The van der Waals surface area contributed by atoms with E-state index in [0.29, 0.717) is 23.6 Å². The Hall–Kier alpha value is -3.15. The fourth-order valence-electron chi connectivity index (χ4n) is 3.29. The molecule has 3 rings (SSSR count). The van der Waals surface area contributed by atoms with E-state index in [1.54, 1.807) is 6.20 Å². The summed E-state index contributed by atoms with van der Waals surface area (Å²) in [7, 11) is 0. The number of aryl methyl sites for hydroxylation is 3. The van der Waals surface area contributed by atoms with Crippen LogP contribution in [0.25, 0.3) is 11.3 Å². The third kappa shape index (κ3) is 5.02. The van der Waals surface area contributed by atoms with Crippen molar-refractivity contribution in [1.29, 1.82) is 0 Å². The first-order chi connectivity index (χ1) is 14.0. The molecule has 1 aromatic carbocycles. The molecular weight excluding hydrogens is 362 g/mol. The van der Waals surface area contributed by atoms with E-state index in [0.717, 1.165) is 29.8 Å². The lowest BCUT2D eigenvalue weighted by molar-refractivity contribution is 0.0695. The lowest BCUT2D eigenvalue weighted by Gasteiger charge is -2.28. The maximum Gasteiger partial charge on any atom is 0.257 e. The zero-order chi connectivity index (χ0) is 20.8. The first-order valence-electron chi connectivity index (χ1n) is 9.97. The summed E-state index contributed by atoms with van der Waals surface area (Å²) in [6.07, 6.45) is 6.81. The molecule has 3 aromatic rings. The maximum atomic E-state index is 13.4. The standard InChI is InChI=1S/C23H27N5O/c1-5-28(17(3)11-12-21-25-13-16(2)14-26-21)23(29)20-15-24-18(4)27-22(20)19-9-7-6-8-10-19/h6-10,13-15,17H,5,11-12H2,1-4H3/t17-/m0/s1. The molecule has 6 nitrogen and oxygen atoms in total. The van der Waals surface area contributed by atoms with Crippen molar-refractivity contribution in [1.82, 2.24) is 24.8 Å². The first-order valence-corrected chi connectivity index (χ1v) is 9.97. The van der Waals surface area contributed by atoms with Gasteiger partial charge in [0.05, 0.1) is 11.3 Å². The van der Waals surface area contributed by atoms with Gasteiger partial charge in [0.2, 0.25) is 0 Å². The van der Waals surface area contributed by atoms with Crippen LogP contribution in [0.4, 0.5) is 0 Å². The lowest BCUT2D eigenvalue weighted by atomic mass is 10.0. The molecule has 0 unspecified atom stereocenters. The Labute approximate surface area is 172 Å². The molecule has 29 heavy (non-hydrogen) atoms. The summed E-state index contributed by atoms with van der Waals surface area (Å²) in [5, 5.41) is 0. The first kappa shape index (κ1) is 20.6. The summed E-state index contributed by atoms with van der Waals surface area (Å²) < 4.78 is 0. The van der Waals surface area contributed by atoms with E-state index in [-0.39, 0.29) is 11.9 Å². The molecule has 0 saturated heterocycles. The molecule has 0 bridgehead atoms. The fraction of sp³-hybridized carbons (Fsp3) is 0.348. The number of carbonyl (C=O) groups excluding carboxylic acids is 1. The number of aromatic nitrogens is 4. The van der Waals surface area contributed by atoms with Crippen LogP contribution in [-0.2, 0) is 6.42 Å². The number of amides is 1. The van der Waals surface area contributed by atoms with Gasteiger partial charge in [-0.05, 0) is 39.7 Å². The third-order valence-electron chi connectivity index (χ3n) is 4.94. The highest BCUT2D eigenvalue weighted by Gasteiger charge is 2.24. The number of hydrogen-bond donors (Lipinski definition) is 0. The number of hydrogen-bond acceptors (Lipinski definition) is 5. The average molecular weight is 390 g/mol. The second kappa shape index (κ2) is 9.37. The Morgan fingerprint density at radius 3 is 2.38 bits per heavy atom. The minimum absolute atomic E-state index is 0.0438. The molecule has 0 aliphatic rings. The topological polar surface area (TPSA) is 71.9 Å². The van der Waals surface area contributed by atoms with E-state index in [2.05, 4.69) is 26.9 Å². The quantitative estimate of drug-likeness (QED) is 0.610. The Morgan fingerprint density at radius 2 is 1.72 bits per heavy atom. The van der Waals surface area contributed by atoms with Gasteiger partial charge < -0.3 is 4.90 Å². The molecule has 0 saturated carbocycles. The molecule has 0 fully saturated rings. The molecule has 0 aliphatic carbocycles. The van der Waals surface area contributed by atoms with E-state index in [9.17, 15) is 4.79 Å². The molecular formula is C23H27N5O. The van der Waals surface area contributed by atoms with Crippen molar-refractivity contribution in [2.24, 2.45) is 0 Å². The van der Waals surface area contributed by atoms with Crippen LogP contribution in [-0.4, -0.2) is 43.3 Å². The van der Waals surface area contributed by atoms with Crippen LogP contribution >= 0.6 is 0 Å². The van der Waals surface area contributed by atoms with Crippen LogP contribution in [0.1, 0.15) is 47.8 Å². The number of benzene rings is 1. The molecule has 0 radical (unpaired) electrons. The van der Waals surface area contributed by atoms with Gasteiger partial charge in [-0.3, -0.25) is 4.79 Å². The van der Waals surface area contributed by atoms with Gasteiger partial charge in [-0.1, -0.05) is 30.3 Å². The predicted molar refractivity (Wildman–Crippen MR) is 113 cm³/mol. The third-order valence-corrected chi connectivity index (χ3v) is 4.94. The summed E-state index contributed by atoms with van der Waals surface area (Å²) in [4.78, 5) is 32.8. The molecule has 150 valence electrons. The molecule has 2 aromatic heterocycles. The summed E-state index contributed by atoms with van der Waals surface area (Å²) in [5.41, 5.74) is 3.16. The Balaban J connectivity index is 1.81. The van der Waals surface area contributed by atoms with Gasteiger partial charge in [0.15, 0.2) is 0 Å². The van der Waals surface area contributed by atoms with Gasteiger partial charge in [-0.15, -0.1) is 0 Å². The van der Waals surface area contributed by atoms with Crippen LogP contribution in [0.15, 0.2) is 48.9 Å². The molecule has 1 amide bonds. The average Bonchev–Trinajstić information content (AvgIpc) is 2.74. The summed E-state index contributed by atoms with van der Waals surface area (Å²) in [6, 6.07) is 9.82. The monoisotopic (exact) mass is 389 g/mol. The van der Waals surface area contributed by atoms with E-state index >= 15 is 0 Å². The zero-order valence-electron chi connectivity index (χ0n) is 17.5. The molecule has 0 aliphatic heterocycles. The Bertz CT molecular complexity index is 957. The smallest absolute Gasteiger partial charge is 0.257 e. The van der Waals surface area contributed by atoms with Crippen molar-refractivity contribution in [2.75, 3.05) is 6.54 Å². The van der Waals surface area contributed by atoms with Crippen molar-refractivity contribution in [3.05, 3.63) is 71.7 Å². The van der Waals surface area contributed by atoms with Crippen molar-refractivity contribution in [3.8, 4) is 11.3 Å². The highest BCUT2D eigenvalue weighted by atomic mass is 16.2. The van der Waals surface area contributed by atoms with E-state index in [4.69, 9.17) is 0 Å². The second-order valence-electron chi connectivity index (χ2n) is 7.20. The minimum atomic E-state index is -0.0522. The van der Waals surface area contributed by atoms with Gasteiger partial charge in [0.1, 0.15) is 11.6 Å². The molecule has 1 atom stereocenters. The maximum absolute atomic E-state index is 13.4. The summed E-state index contributed by atoms with van der Waals surface area (Å²) >= 11 is 0. The van der Waals surface area contributed by atoms with Gasteiger partial charge in [-0.2, -0.15) is 0 Å². The van der Waals surface area contributed by atoms with Crippen LogP contribution < -0.4 is 0 Å². The van der Waals surface area contributed by atoms with Crippen molar-refractivity contribution >= 4 is 5.91 Å². The van der Waals surface area contributed by atoms with Gasteiger partial charge in [0, 0.05) is 43.2 Å². The van der Waals surface area contributed by atoms with Crippen LogP contribution in [0, 0.1) is 13.8 Å². The van der Waals surface area contributed by atoms with Crippen LogP contribution in [0.3, 0.4) is 0 Å². The predicted octanol–water partition coefficient (Wildman–Crippen LogP) is 4.03. The SMILES string of the molecule is CCN(C(=O)c1cnc(C)nc1-c1ccccc1)[C@@H](C)CCc1ncc(C)cn1. The number of carbonyl (C=O) groups is 1. The van der Waals surface area contributed by atoms with E-state index in [1.165, 1.54) is 0 Å². The molecule has 0 spiro atoms. The van der Waals surface area contributed by atoms with Gasteiger partial charge in [-0.25, -0.2) is 19.9 Å². The van der Waals surface area contributed by atoms with Crippen LogP contribution in [0.2, 0.25) is 0 Å². The molecule has 6 heteroatoms.